The average molecular weight is 1840 g/mol. The zero-order valence-electron chi connectivity index (χ0n) is 81.5. The molecule has 21 rings (SSSR count). The lowest BCUT2D eigenvalue weighted by Gasteiger charge is -2.52. The van der Waals surface area contributed by atoms with Crippen molar-refractivity contribution in [2.75, 3.05) is 9.80 Å². The molecule has 8 atom stereocenters. The van der Waals surface area contributed by atoms with Crippen LogP contribution >= 0.6 is 23.2 Å². The monoisotopic (exact) mass is 1830 g/mol. The second-order valence-corrected chi connectivity index (χ2v) is 45.2. The fourth-order valence-electron chi connectivity index (χ4n) is 23.4. The number of nitrogens with zero attached hydrogens (tertiary/aromatic N) is 2. The van der Waals surface area contributed by atoms with Gasteiger partial charge in [0.1, 0.15) is 46.0 Å². The van der Waals surface area contributed by atoms with Gasteiger partial charge in [-0.1, -0.05) is 320 Å². The molecule has 13 aliphatic rings. The van der Waals surface area contributed by atoms with E-state index in [1.807, 2.05) is 85.0 Å². The van der Waals surface area contributed by atoms with Gasteiger partial charge in [0.25, 0.3) is 23.6 Å². The first-order chi connectivity index (χ1) is 64.8. The average Bonchev–Trinajstić information content (AvgIpc) is 0.684. The molecule has 4 amide bonds. The molecule has 136 heavy (non-hydrogen) atoms. The summed E-state index contributed by atoms with van der Waals surface area (Å²) in [4.78, 5) is 68.1. The maximum absolute atomic E-state index is 16.3. The molecular weight excluding hydrogens is 1720 g/mol. The first-order valence-corrected chi connectivity index (χ1v) is 49.5. The van der Waals surface area contributed by atoms with Gasteiger partial charge in [0.05, 0.1) is 11.4 Å². The van der Waals surface area contributed by atoms with Gasteiger partial charge in [-0.25, -0.2) is 9.80 Å². The first-order valence-electron chi connectivity index (χ1n) is 48.7. The number of hydrogen-bond donors (Lipinski definition) is 0. The summed E-state index contributed by atoms with van der Waals surface area (Å²) in [5.74, 6) is -0.227. The molecule has 8 unspecified atom stereocenters. The minimum atomic E-state index is -0.675. The predicted molar refractivity (Wildman–Crippen MR) is 551 cm³/mol. The number of rotatable bonds is 16. The number of aryl methyl sites for hydroxylation is 2. The minimum Gasteiger partial charge on any atom is -0.457 e. The van der Waals surface area contributed by atoms with E-state index in [4.69, 9.17) is 42.1 Å². The number of amides is 4. The van der Waals surface area contributed by atoms with Crippen LogP contribution in [0.5, 0.6) is 23.0 Å². The summed E-state index contributed by atoms with van der Waals surface area (Å²) >= 11 is 15.9. The van der Waals surface area contributed by atoms with Gasteiger partial charge >= 0.3 is 0 Å². The molecule has 0 radical (unpaired) electrons. The molecule has 0 spiro atoms. The zero-order valence-corrected chi connectivity index (χ0v) is 83.0. The zero-order chi connectivity index (χ0) is 95.4. The maximum atomic E-state index is 16.3. The second-order valence-electron chi connectivity index (χ2n) is 44.4. The van der Waals surface area contributed by atoms with Crippen LogP contribution in [0.25, 0.3) is 23.3 Å². The number of anilines is 2. The Morgan fingerprint density at radius 2 is 0.618 bits per heavy atom. The van der Waals surface area contributed by atoms with Crippen LogP contribution in [-0.2, 0) is 53.7 Å². The number of allylic oxidation sites excluding steroid dienone is 24. The maximum Gasteiger partial charge on any atom is 0.262 e. The number of para-hydroxylation sites is 2. The van der Waals surface area contributed by atoms with Crippen molar-refractivity contribution in [3.8, 4) is 23.0 Å². The summed E-state index contributed by atoms with van der Waals surface area (Å²) in [6.07, 6.45) is 36.1. The molecule has 2 heterocycles. The molecule has 2 saturated heterocycles. The normalized spacial score (nSPS) is 22.6. The van der Waals surface area contributed by atoms with Crippen molar-refractivity contribution in [1.82, 2.24) is 0 Å². The number of halogens is 2. The Bertz CT molecular complexity index is 7130. The van der Waals surface area contributed by atoms with Gasteiger partial charge in [-0.15, -0.1) is 0 Å². The molecule has 4 fully saturated rings. The molecular formula is C124H118Cl2N2O8. The molecule has 0 N–H and O–H groups in total. The highest BCUT2D eigenvalue weighted by atomic mass is 35.5. The first kappa shape index (κ1) is 89.9. The van der Waals surface area contributed by atoms with E-state index < -0.39 is 23.7 Å². The van der Waals surface area contributed by atoms with Crippen LogP contribution in [0.3, 0.4) is 0 Å². The van der Waals surface area contributed by atoms with Crippen molar-refractivity contribution < 1.29 is 38.1 Å². The molecule has 2 saturated carbocycles. The van der Waals surface area contributed by atoms with Crippen LogP contribution in [0.1, 0.15) is 240 Å². The highest BCUT2D eigenvalue weighted by Crippen LogP contribution is 2.67. The van der Waals surface area contributed by atoms with Gasteiger partial charge in [-0.2, -0.15) is 0 Å². The van der Waals surface area contributed by atoms with E-state index in [-0.39, 0.29) is 92.6 Å². The Labute approximate surface area is 811 Å². The summed E-state index contributed by atoms with van der Waals surface area (Å²) in [6, 6.07) is 54.4. The van der Waals surface area contributed by atoms with E-state index in [2.05, 4.69) is 308 Å². The Hall–Kier alpha value is -12.6. The van der Waals surface area contributed by atoms with Crippen LogP contribution in [0.15, 0.2) is 333 Å². The number of hydrogen-bond acceptors (Lipinski definition) is 8. The fourth-order valence-corrected chi connectivity index (χ4v) is 24.0. The lowest BCUT2D eigenvalue weighted by molar-refractivity contribution is -0.126. The van der Waals surface area contributed by atoms with Crippen LogP contribution in [-0.4, -0.2) is 23.6 Å². The van der Waals surface area contributed by atoms with Gasteiger partial charge in [0, 0.05) is 102 Å². The van der Waals surface area contributed by atoms with Gasteiger partial charge in [0.2, 0.25) is 0 Å². The summed E-state index contributed by atoms with van der Waals surface area (Å²) in [6.45, 7) is 43.4. The smallest absolute Gasteiger partial charge is 0.262 e. The van der Waals surface area contributed by atoms with Crippen molar-refractivity contribution in [2.45, 2.75) is 197 Å². The lowest BCUT2D eigenvalue weighted by Crippen LogP contribution is -2.53. The van der Waals surface area contributed by atoms with Gasteiger partial charge in [-0.3, -0.25) is 19.2 Å². The van der Waals surface area contributed by atoms with Crippen LogP contribution in [0.2, 0.25) is 10.0 Å². The lowest BCUT2D eigenvalue weighted by atomic mass is 9.52. The van der Waals surface area contributed by atoms with Crippen molar-refractivity contribution in [3.63, 3.8) is 0 Å². The highest BCUT2D eigenvalue weighted by molar-refractivity contribution is 6.34. The number of imide groups is 2. The number of carbonyl (C=O) groups excluding carboxylic acids is 4. The van der Waals surface area contributed by atoms with Crippen molar-refractivity contribution in [1.29, 1.82) is 0 Å². The van der Waals surface area contributed by atoms with Gasteiger partial charge < -0.3 is 18.9 Å². The summed E-state index contributed by atoms with van der Waals surface area (Å²) < 4.78 is 29.6. The summed E-state index contributed by atoms with van der Waals surface area (Å²) in [5, 5.41) is 1.26. The van der Waals surface area contributed by atoms with Gasteiger partial charge in [-0.05, 0) is 267 Å². The van der Waals surface area contributed by atoms with Crippen LogP contribution in [0, 0.1) is 47.3 Å². The quantitative estimate of drug-likeness (QED) is 0.0880. The predicted octanol–water partition coefficient (Wildman–Crippen LogP) is 29.8. The van der Waals surface area contributed by atoms with Crippen LogP contribution in [0.4, 0.5) is 11.4 Å². The molecule has 0 bridgehead atoms. The molecule has 12 heteroatoms. The number of benzene rings is 8. The third kappa shape index (κ3) is 14.9. The summed E-state index contributed by atoms with van der Waals surface area (Å²) in [7, 11) is 0. The molecule has 0 aromatic heterocycles. The van der Waals surface area contributed by atoms with E-state index >= 15 is 19.2 Å². The molecule has 8 aromatic carbocycles. The van der Waals surface area contributed by atoms with Crippen molar-refractivity contribution >= 4 is 81.5 Å². The number of ether oxygens (including phenoxy) is 4. The van der Waals surface area contributed by atoms with E-state index in [1.165, 1.54) is 9.80 Å². The van der Waals surface area contributed by atoms with E-state index in [9.17, 15) is 0 Å². The van der Waals surface area contributed by atoms with Crippen LogP contribution < -0.4 is 28.7 Å². The Morgan fingerprint density at radius 1 is 0.309 bits per heavy atom. The SMILES string of the molecule is CC(C)c1cccc(C(C)C)c1N1C(=O)C2=CC(Oc3ccc(C(C)(C)C)cc3)=C3C4=CC=C(c5cc6c(cc5Cl)CCc5cc(C7=CC=C8C9=C(Oc%10ccc(C(C)(C)C)cc%10)C=C%10C(=O)N(c%11c(C(C)C)cccc%11C(C)C)C(=O)C%11=CC(Oc%12ccc(C(C)(C)C)cc%12)=C(C%12=CC=CC7C%128)C9C%11%10)c(Cl)cc5/C=C\6)C5C=CC=C(C6=C(Oc7cccc(C(C)(C)C)c7)C=C(C1=O)C2C36)C45. The number of piperidine rings is 2. The molecule has 686 valence electrons. The van der Waals surface area contributed by atoms with E-state index in [1.54, 1.807) is 0 Å². The van der Waals surface area contributed by atoms with E-state index in [0.717, 1.165) is 134 Å². The molecule has 11 aliphatic carbocycles. The third-order valence-electron chi connectivity index (χ3n) is 30.4. The summed E-state index contributed by atoms with van der Waals surface area (Å²) in [5.41, 5.74) is 27.1. The van der Waals surface area contributed by atoms with Crippen molar-refractivity contribution in [2.24, 2.45) is 47.3 Å². The Kier molecular flexibility index (Phi) is 21.9. The van der Waals surface area contributed by atoms with E-state index in [0.29, 0.717) is 103 Å². The largest absolute Gasteiger partial charge is 0.457 e. The molecule has 10 nitrogen and oxygen atoms in total. The Balaban J connectivity index is 0.677. The number of fused-ring (bicyclic) bond motifs is 6. The standard InChI is InChI=1S/C124H118Cl2N2O8/c1-65(2)81-28-22-29-82(66(3)4)115(81)127-117(129)95-61-101(133-77-46-40-73(41-47-77)121(9,10)11)109-89-34-24-32-87-85(52-54-91(105(87)89)111-102(62-96(118(127)130)107(95)113(109)111)134-78-48-42-74(43-49-78)122(12,13)14)93-56-69-36-38-72-59-100(126)94(57-70(72)37-39-71(69)58-99(93)125)86-53-55-92-106-88(86)33-25-35-90(106)110-104(136-80-27-21-26-76(60-80)124(18,19)20)64-98-108-97(63-103(112(92)114(108)110)135-79-50-44-75(45-51-79)123(15,16)17)119(131)128(120(98)132)116-83(67(5)6)30-23-31-84(116)68(7)8/h21-35,37,39-68,87-88,105-108,113-114H,36,38H2,1-20H3/b39-37-. The number of carbonyl (C=O) groups is 4. The highest BCUT2D eigenvalue weighted by Gasteiger charge is 2.61. The Morgan fingerprint density at radius 3 is 0.971 bits per heavy atom. The van der Waals surface area contributed by atoms with Crippen molar-refractivity contribution in [3.05, 3.63) is 421 Å². The van der Waals surface area contributed by atoms with Gasteiger partial charge in [0.15, 0.2) is 0 Å². The topological polar surface area (TPSA) is 112 Å². The minimum absolute atomic E-state index is 0.00473. The second kappa shape index (κ2) is 33.1. The fraction of sp³-hybridized carbons (Fsp3) is 0.306. The molecule has 8 aromatic rings. The molecule has 2 aliphatic heterocycles. The third-order valence-corrected chi connectivity index (χ3v) is 31.1.